The van der Waals surface area contributed by atoms with Crippen LogP contribution in [0.4, 0.5) is 0 Å². The number of carboxylic acid groups (broad SMARTS) is 1. The zero-order chi connectivity index (χ0) is 10.0. The second kappa shape index (κ2) is 4.08. The Balaban J connectivity index is 2.90. The van der Waals surface area contributed by atoms with Crippen molar-refractivity contribution < 1.29 is 9.90 Å². The summed E-state index contributed by atoms with van der Waals surface area (Å²) in [4.78, 5) is 10.6. The van der Waals surface area contributed by atoms with Crippen molar-refractivity contribution in [2.75, 3.05) is 0 Å². The van der Waals surface area contributed by atoms with E-state index in [0.717, 1.165) is 10.2 Å². The van der Waals surface area contributed by atoms with Crippen molar-refractivity contribution in [3.63, 3.8) is 0 Å². The van der Waals surface area contributed by atoms with Crippen LogP contribution < -0.4 is 0 Å². The highest BCUT2D eigenvalue weighted by Crippen LogP contribution is 2.10. The number of carboxylic acids is 1. The number of aromatic carboxylic acids is 1. The summed E-state index contributed by atoms with van der Waals surface area (Å²) < 4.78 is 2.58. The second-order valence-electron chi connectivity index (χ2n) is 3.23. The third-order valence-electron chi connectivity index (χ3n) is 1.49. The molecule has 0 aliphatic carbocycles. The molecule has 0 saturated heterocycles. The van der Waals surface area contributed by atoms with Crippen LogP contribution in [0, 0.1) is 9.62 Å². The van der Waals surface area contributed by atoms with Crippen LogP contribution in [0.2, 0.25) is 0 Å². The highest BCUT2D eigenvalue weighted by Gasteiger charge is 2.11. The number of carbonyl (C=O) groups is 1. The molecule has 0 spiro atoms. The standard InChI is InChI=1S/C8H11IN2O2/c1-5(2)4-11-7(9)3-6(10-11)8(12)13/h3,5H,4H2,1-2H3,(H,12,13). The molecular formula is C8H11IN2O2. The van der Waals surface area contributed by atoms with Crippen LogP contribution in [-0.4, -0.2) is 20.9 Å². The Bertz CT molecular complexity index is 320. The van der Waals surface area contributed by atoms with Gasteiger partial charge in [-0.2, -0.15) is 5.10 Å². The highest BCUT2D eigenvalue weighted by atomic mass is 127. The van der Waals surface area contributed by atoms with Crippen molar-refractivity contribution in [2.45, 2.75) is 20.4 Å². The molecule has 4 nitrogen and oxygen atoms in total. The van der Waals surface area contributed by atoms with E-state index in [9.17, 15) is 4.79 Å². The number of halogens is 1. The van der Waals surface area contributed by atoms with E-state index >= 15 is 0 Å². The quantitative estimate of drug-likeness (QED) is 0.865. The van der Waals surface area contributed by atoms with Crippen LogP contribution in [0.15, 0.2) is 6.07 Å². The highest BCUT2D eigenvalue weighted by molar-refractivity contribution is 14.1. The molecule has 0 bridgehead atoms. The first-order valence-corrected chi connectivity index (χ1v) is 5.05. The molecule has 1 N–H and O–H groups in total. The molecule has 1 aromatic heterocycles. The van der Waals surface area contributed by atoms with Gasteiger partial charge in [0.2, 0.25) is 0 Å². The number of rotatable bonds is 3. The summed E-state index contributed by atoms with van der Waals surface area (Å²) in [6, 6.07) is 1.57. The molecule has 72 valence electrons. The van der Waals surface area contributed by atoms with Gasteiger partial charge in [0.25, 0.3) is 0 Å². The molecule has 0 atom stereocenters. The summed E-state index contributed by atoms with van der Waals surface area (Å²) >= 11 is 2.09. The molecule has 0 saturated carbocycles. The monoisotopic (exact) mass is 294 g/mol. The van der Waals surface area contributed by atoms with Gasteiger partial charge in [-0.3, -0.25) is 4.68 Å². The summed E-state index contributed by atoms with van der Waals surface area (Å²) in [6.45, 7) is 4.89. The maximum Gasteiger partial charge on any atom is 0.356 e. The fraction of sp³-hybridized carbons (Fsp3) is 0.500. The fourth-order valence-electron chi connectivity index (χ4n) is 0.972. The summed E-state index contributed by atoms with van der Waals surface area (Å²) in [5.74, 6) is -0.504. The van der Waals surface area contributed by atoms with Gasteiger partial charge in [-0.1, -0.05) is 13.8 Å². The van der Waals surface area contributed by atoms with Gasteiger partial charge in [0.15, 0.2) is 5.69 Å². The normalized spacial score (nSPS) is 10.8. The summed E-state index contributed by atoms with van der Waals surface area (Å²) in [5, 5.41) is 12.6. The van der Waals surface area contributed by atoms with E-state index < -0.39 is 5.97 Å². The first kappa shape index (κ1) is 10.5. The lowest BCUT2D eigenvalue weighted by Crippen LogP contribution is -2.09. The van der Waals surface area contributed by atoms with E-state index in [-0.39, 0.29) is 5.69 Å². The van der Waals surface area contributed by atoms with Gasteiger partial charge < -0.3 is 5.11 Å². The van der Waals surface area contributed by atoms with Gasteiger partial charge in [0.1, 0.15) is 0 Å². The third-order valence-corrected chi connectivity index (χ3v) is 2.36. The number of nitrogens with zero attached hydrogens (tertiary/aromatic N) is 2. The van der Waals surface area contributed by atoms with Gasteiger partial charge in [0.05, 0.1) is 3.70 Å². The van der Waals surface area contributed by atoms with E-state index in [1.54, 1.807) is 10.7 Å². The Morgan fingerprint density at radius 2 is 2.38 bits per heavy atom. The van der Waals surface area contributed by atoms with Crippen LogP contribution in [0.1, 0.15) is 24.3 Å². The molecule has 13 heavy (non-hydrogen) atoms. The molecule has 0 unspecified atom stereocenters. The zero-order valence-corrected chi connectivity index (χ0v) is 9.65. The minimum Gasteiger partial charge on any atom is -0.476 e. The fourth-order valence-corrected chi connectivity index (χ4v) is 1.57. The van der Waals surface area contributed by atoms with Gasteiger partial charge in [-0.15, -0.1) is 0 Å². The maximum absolute atomic E-state index is 10.6. The molecule has 0 amide bonds. The predicted molar refractivity (Wildman–Crippen MR) is 56.7 cm³/mol. The van der Waals surface area contributed by atoms with Gasteiger partial charge >= 0.3 is 5.97 Å². The van der Waals surface area contributed by atoms with Crippen LogP contribution in [-0.2, 0) is 6.54 Å². The van der Waals surface area contributed by atoms with Gasteiger partial charge in [0, 0.05) is 12.6 Å². The average Bonchev–Trinajstić information content (AvgIpc) is 2.31. The maximum atomic E-state index is 10.6. The van der Waals surface area contributed by atoms with Gasteiger partial charge in [-0.25, -0.2) is 4.79 Å². The van der Waals surface area contributed by atoms with E-state index in [2.05, 4.69) is 41.5 Å². The van der Waals surface area contributed by atoms with Crippen molar-refractivity contribution in [1.29, 1.82) is 0 Å². The van der Waals surface area contributed by atoms with E-state index in [1.807, 2.05) is 0 Å². The topological polar surface area (TPSA) is 55.1 Å². The minimum absolute atomic E-state index is 0.116. The summed E-state index contributed by atoms with van der Waals surface area (Å²) in [6.07, 6.45) is 0. The minimum atomic E-state index is -0.972. The SMILES string of the molecule is CC(C)Cn1nc(C(=O)O)cc1I. The van der Waals surface area contributed by atoms with Crippen LogP contribution in [0.25, 0.3) is 0 Å². The molecule has 1 aromatic rings. The second-order valence-corrected chi connectivity index (χ2v) is 4.34. The molecular weight excluding hydrogens is 283 g/mol. The van der Waals surface area contributed by atoms with Crippen molar-refractivity contribution in [3.05, 3.63) is 15.5 Å². The Hall–Kier alpha value is -0.590. The number of hydrogen-bond donors (Lipinski definition) is 1. The largest absolute Gasteiger partial charge is 0.476 e. The first-order valence-electron chi connectivity index (χ1n) is 3.97. The van der Waals surface area contributed by atoms with Crippen molar-refractivity contribution in [1.82, 2.24) is 9.78 Å². The summed E-state index contributed by atoms with van der Waals surface area (Å²) in [5.41, 5.74) is 0.116. The zero-order valence-electron chi connectivity index (χ0n) is 7.49. The van der Waals surface area contributed by atoms with Crippen molar-refractivity contribution in [2.24, 2.45) is 5.92 Å². The lowest BCUT2D eigenvalue weighted by Gasteiger charge is -2.05. The Morgan fingerprint density at radius 1 is 1.77 bits per heavy atom. The first-order chi connectivity index (χ1) is 6.00. The third kappa shape index (κ3) is 2.68. The van der Waals surface area contributed by atoms with E-state index in [1.165, 1.54) is 0 Å². The van der Waals surface area contributed by atoms with E-state index in [0.29, 0.717) is 5.92 Å². The van der Waals surface area contributed by atoms with Crippen LogP contribution in [0.5, 0.6) is 0 Å². The molecule has 0 radical (unpaired) electrons. The molecule has 1 heterocycles. The molecule has 5 heteroatoms. The Kier molecular flexibility index (Phi) is 3.29. The lowest BCUT2D eigenvalue weighted by atomic mass is 10.2. The lowest BCUT2D eigenvalue weighted by molar-refractivity contribution is 0.0689. The molecule has 0 aliphatic heterocycles. The number of aromatic nitrogens is 2. The molecule has 0 aromatic carbocycles. The number of hydrogen-bond acceptors (Lipinski definition) is 2. The van der Waals surface area contributed by atoms with Gasteiger partial charge in [-0.05, 0) is 28.5 Å². The predicted octanol–water partition coefficient (Wildman–Crippen LogP) is 1.84. The van der Waals surface area contributed by atoms with Crippen molar-refractivity contribution >= 4 is 28.6 Å². The van der Waals surface area contributed by atoms with Crippen molar-refractivity contribution in [3.8, 4) is 0 Å². The Morgan fingerprint density at radius 3 is 2.77 bits per heavy atom. The van der Waals surface area contributed by atoms with E-state index in [4.69, 9.17) is 5.11 Å². The molecule has 0 aliphatic rings. The van der Waals surface area contributed by atoms with Crippen LogP contribution in [0.3, 0.4) is 0 Å². The molecule has 0 fully saturated rings. The van der Waals surface area contributed by atoms with Crippen LogP contribution >= 0.6 is 22.6 Å². The molecule has 1 rings (SSSR count). The Labute approximate surface area is 90.1 Å². The smallest absolute Gasteiger partial charge is 0.356 e. The summed E-state index contributed by atoms with van der Waals surface area (Å²) in [7, 11) is 0. The average molecular weight is 294 g/mol.